The van der Waals surface area contributed by atoms with E-state index in [0.29, 0.717) is 32.0 Å². The van der Waals surface area contributed by atoms with Gasteiger partial charge >= 0.3 is 6.36 Å². The lowest BCUT2D eigenvalue weighted by Gasteiger charge is -2.28. The largest absolute Gasteiger partial charge is 0.573 e. The molecule has 0 radical (unpaired) electrons. The van der Waals surface area contributed by atoms with E-state index in [1.165, 1.54) is 30.3 Å². The van der Waals surface area contributed by atoms with Gasteiger partial charge in [0, 0.05) is 30.4 Å². The summed E-state index contributed by atoms with van der Waals surface area (Å²) in [7, 11) is 0. The van der Waals surface area contributed by atoms with Crippen molar-refractivity contribution in [1.29, 1.82) is 0 Å². The molecule has 154 valence electrons. The van der Waals surface area contributed by atoms with Crippen molar-refractivity contribution in [2.75, 3.05) is 36.5 Å². The van der Waals surface area contributed by atoms with Crippen LogP contribution in [0.2, 0.25) is 0 Å². The maximum atomic E-state index is 12.4. The summed E-state index contributed by atoms with van der Waals surface area (Å²) in [5, 5.41) is 13.9. The van der Waals surface area contributed by atoms with Crippen molar-refractivity contribution in [1.82, 2.24) is 0 Å². The number of nitro groups is 1. The number of amides is 1. The van der Waals surface area contributed by atoms with Gasteiger partial charge < -0.3 is 19.7 Å². The molecule has 2 aromatic rings. The predicted molar refractivity (Wildman–Crippen MR) is 97.2 cm³/mol. The highest BCUT2D eigenvalue weighted by Crippen LogP contribution is 2.30. The van der Waals surface area contributed by atoms with E-state index in [1.54, 1.807) is 0 Å². The first kappa shape index (κ1) is 20.4. The molecule has 8 nitrogen and oxygen atoms in total. The fraction of sp³-hybridized carbons (Fsp3) is 0.278. The van der Waals surface area contributed by atoms with Crippen LogP contribution < -0.4 is 15.0 Å². The third kappa shape index (κ3) is 5.35. The maximum Gasteiger partial charge on any atom is 0.573 e. The number of nitrogens with one attached hydrogen (secondary N) is 1. The molecule has 0 saturated carbocycles. The van der Waals surface area contributed by atoms with Crippen molar-refractivity contribution in [2.45, 2.75) is 6.36 Å². The molecule has 1 heterocycles. The molecule has 1 fully saturated rings. The van der Waals surface area contributed by atoms with Gasteiger partial charge in [0.05, 0.1) is 18.1 Å². The van der Waals surface area contributed by atoms with Crippen molar-refractivity contribution in [2.24, 2.45) is 0 Å². The molecule has 1 amide bonds. The Morgan fingerprint density at radius 1 is 1.14 bits per heavy atom. The zero-order chi connectivity index (χ0) is 21.0. The first-order valence-corrected chi connectivity index (χ1v) is 8.51. The number of nitrogens with zero attached hydrogens (tertiary/aromatic N) is 2. The van der Waals surface area contributed by atoms with Crippen LogP contribution in [0.3, 0.4) is 0 Å². The first-order chi connectivity index (χ1) is 13.7. The molecule has 0 aromatic heterocycles. The lowest BCUT2D eigenvalue weighted by Crippen LogP contribution is -2.36. The van der Waals surface area contributed by atoms with Gasteiger partial charge in [0.2, 0.25) is 0 Å². The van der Waals surface area contributed by atoms with Crippen LogP contribution in [0.4, 0.5) is 30.2 Å². The number of benzene rings is 2. The number of hydrogen-bond acceptors (Lipinski definition) is 6. The van der Waals surface area contributed by atoms with Crippen molar-refractivity contribution >= 4 is 23.0 Å². The molecule has 0 bridgehead atoms. The summed E-state index contributed by atoms with van der Waals surface area (Å²) in [4.78, 5) is 25.1. The highest BCUT2D eigenvalue weighted by Gasteiger charge is 2.31. The lowest BCUT2D eigenvalue weighted by molar-refractivity contribution is -0.384. The number of carbonyl (C=O) groups is 1. The quantitative estimate of drug-likeness (QED) is 0.597. The first-order valence-electron chi connectivity index (χ1n) is 8.51. The zero-order valence-electron chi connectivity index (χ0n) is 14.9. The van der Waals surface area contributed by atoms with E-state index in [9.17, 15) is 28.1 Å². The third-order valence-corrected chi connectivity index (χ3v) is 4.13. The molecule has 29 heavy (non-hydrogen) atoms. The summed E-state index contributed by atoms with van der Waals surface area (Å²) >= 11 is 0. The highest BCUT2D eigenvalue weighted by atomic mass is 19.4. The summed E-state index contributed by atoms with van der Waals surface area (Å²) in [5.74, 6) is -1.06. The number of halogens is 3. The van der Waals surface area contributed by atoms with E-state index < -0.39 is 22.9 Å². The number of alkyl halides is 3. The van der Waals surface area contributed by atoms with Crippen LogP contribution in [-0.2, 0) is 4.74 Å². The maximum absolute atomic E-state index is 12.4. The Hall–Kier alpha value is -3.34. The molecule has 1 aliphatic heterocycles. The van der Waals surface area contributed by atoms with Crippen molar-refractivity contribution in [3.05, 3.63) is 58.1 Å². The van der Waals surface area contributed by atoms with Gasteiger partial charge in [0.15, 0.2) is 0 Å². The highest BCUT2D eigenvalue weighted by molar-refractivity contribution is 6.05. The Bertz CT molecular complexity index is 897. The standard InChI is InChI=1S/C18H16F3N3O5/c19-18(20,21)29-14-4-2-13(3-5-14)22-17(25)12-1-6-15(16(11-12)24(26)27)23-7-9-28-10-8-23/h1-6,11H,7-10H2,(H,22,25). The Labute approximate surface area is 163 Å². The predicted octanol–water partition coefficient (Wildman–Crippen LogP) is 3.58. The molecule has 0 atom stereocenters. The fourth-order valence-corrected chi connectivity index (χ4v) is 2.83. The smallest absolute Gasteiger partial charge is 0.406 e. The minimum Gasteiger partial charge on any atom is -0.406 e. The molecule has 11 heteroatoms. The fourth-order valence-electron chi connectivity index (χ4n) is 2.83. The van der Waals surface area contributed by atoms with E-state index in [4.69, 9.17) is 4.74 Å². The minimum absolute atomic E-state index is 0.0457. The van der Waals surface area contributed by atoms with E-state index in [1.807, 2.05) is 4.90 Å². The molecular weight excluding hydrogens is 395 g/mol. The van der Waals surface area contributed by atoms with Gasteiger partial charge in [-0.1, -0.05) is 0 Å². The topological polar surface area (TPSA) is 93.9 Å². The van der Waals surface area contributed by atoms with Crippen LogP contribution in [0.1, 0.15) is 10.4 Å². The van der Waals surface area contributed by atoms with E-state index in [2.05, 4.69) is 10.1 Å². The number of carbonyl (C=O) groups excluding carboxylic acids is 1. The second-order valence-electron chi connectivity index (χ2n) is 6.09. The number of hydrogen-bond donors (Lipinski definition) is 1. The Balaban J connectivity index is 1.75. The SMILES string of the molecule is O=C(Nc1ccc(OC(F)(F)F)cc1)c1ccc(N2CCOCC2)c([N+](=O)[O-])c1. The van der Waals surface area contributed by atoms with Crippen LogP contribution in [-0.4, -0.2) is 43.5 Å². The molecule has 3 rings (SSSR count). The lowest BCUT2D eigenvalue weighted by atomic mass is 10.1. The number of nitro benzene ring substituents is 1. The summed E-state index contributed by atoms with van der Waals surface area (Å²) in [6.45, 7) is 1.90. The van der Waals surface area contributed by atoms with Crippen LogP contribution in [0.25, 0.3) is 0 Å². The second kappa shape index (κ2) is 8.35. The van der Waals surface area contributed by atoms with Gasteiger partial charge in [-0.2, -0.15) is 0 Å². The molecule has 2 aromatic carbocycles. The summed E-state index contributed by atoms with van der Waals surface area (Å²) < 4.78 is 45.6. The zero-order valence-corrected chi connectivity index (χ0v) is 14.9. The average Bonchev–Trinajstić information content (AvgIpc) is 2.68. The Morgan fingerprint density at radius 3 is 2.38 bits per heavy atom. The molecular formula is C18H16F3N3O5. The number of anilines is 2. The van der Waals surface area contributed by atoms with Crippen LogP contribution in [0.15, 0.2) is 42.5 Å². The van der Waals surface area contributed by atoms with Gasteiger partial charge in [0.1, 0.15) is 11.4 Å². The van der Waals surface area contributed by atoms with Gasteiger partial charge in [-0.15, -0.1) is 13.2 Å². The van der Waals surface area contributed by atoms with Crippen LogP contribution in [0.5, 0.6) is 5.75 Å². The van der Waals surface area contributed by atoms with E-state index in [-0.39, 0.29) is 16.9 Å². The summed E-state index contributed by atoms with van der Waals surface area (Å²) in [5.41, 5.74) is 0.436. The van der Waals surface area contributed by atoms with Crippen molar-refractivity contribution in [3.63, 3.8) is 0 Å². The normalized spacial score (nSPS) is 14.4. The third-order valence-electron chi connectivity index (χ3n) is 4.13. The summed E-state index contributed by atoms with van der Waals surface area (Å²) in [6, 6.07) is 8.68. The second-order valence-corrected chi connectivity index (χ2v) is 6.09. The van der Waals surface area contributed by atoms with Gasteiger partial charge in [-0.3, -0.25) is 14.9 Å². The molecule has 1 saturated heterocycles. The molecule has 0 spiro atoms. The van der Waals surface area contributed by atoms with Gasteiger partial charge in [-0.25, -0.2) is 0 Å². The van der Waals surface area contributed by atoms with E-state index in [0.717, 1.165) is 12.1 Å². The number of morpholine rings is 1. The van der Waals surface area contributed by atoms with Crippen molar-refractivity contribution < 1.29 is 32.4 Å². The molecule has 1 N–H and O–H groups in total. The van der Waals surface area contributed by atoms with Crippen LogP contribution >= 0.6 is 0 Å². The monoisotopic (exact) mass is 411 g/mol. The molecule has 0 aliphatic carbocycles. The molecule has 0 unspecified atom stereocenters. The Kier molecular flexibility index (Phi) is 5.87. The van der Waals surface area contributed by atoms with Crippen molar-refractivity contribution in [3.8, 4) is 5.75 Å². The average molecular weight is 411 g/mol. The minimum atomic E-state index is -4.81. The Morgan fingerprint density at radius 2 is 1.79 bits per heavy atom. The van der Waals surface area contributed by atoms with Gasteiger partial charge in [-0.05, 0) is 36.4 Å². The number of rotatable bonds is 5. The van der Waals surface area contributed by atoms with E-state index >= 15 is 0 Å². The van der Waals surface area contributed by atoms with Gasteiger partial charge in [0.25, 0.3) is 11.6 Å². The molecule has 1 aliphatic rings. The van der Waals surface area contributed by atoms with Crippen LogP contribution in [0, 0.1) is 10.1 Å². The summed E-state index contributed by atoms with van der Waals surface area (Å²) in [6.07, 6.45) is -4.81. The number of ether oxygens (including phenoxy) is 2.